The molecule has 0 bridgehead atoms. The van der Waals surface area contributed by atoms with Crippen molar-refractivity contribution in [2.75, 3.05) is 0 Å². The first-order chi connectivity index (χ1) is 3.39. The number of hydrogen-bond donors (Lipinski definition) is 0. The molecule has 1 aliphatic rings. The van der Waals surface area contributed by atoms with Crippen LogP contribution >= 0.6 is 32.3 Å². The van der Waals surface area contributed by atoms with Crippen molar-refractivity contribution in [3.63, 3.8) is 0 Å². The monoisotopic (exact) mass is 227 g/mol. The van der Waals surface area contributed by atoms with Crippen LogP contribution < -0.4 is 0 Å². The molecule has 0 saturated heterocycles. The van der Waals surface area contributed by atoms with Crippen molar-refractivity contribution < 1.29 is 0 Å². The number of nitrogens with zero attached hydrogens (tertiary/aromatic N) is 1. The van der Waals surface area contributed by atoms with Gasteiger partial charge in [0.15, 0.2) is 0 Å². The molecule has 1 heterocycles. The zero-order chi connectivity index (χ0) is 5.11. The highest BCUT2D eigenvalue weighted by Gasteiger charge is 1.84. The quantitative estimate of drug-likeness (QED) is 0.560. The molecule has 0 radical (unpaired) electrons. The summed E-state index contributed by atoms with van der Waals surface area (Å²) in [6, 6.07) is 0. The zero-order valence-electron chi connectivity index (χ0n) is 3.44. The Morgan fingerprint density at radius 2 is 2.57 bits per heavy atom. The van der Waals surface area contributed by atoms with E-state index in [2.05, 4.69) is 4.99 Å². The van der Waals surface area contributed by atoms with E-state index in [1.54, 1.807) is 12.4 Å². The minimum Gasteiger partial charge on any atom is -0.262 e. The van der Waals surface area contributed by atoms with Gasteiger partial charge in [0.05, 0.1) is 9.18 Å². The van der Waals surface area contributed by atoms with Crippen LogP contribution in [0.1, 0.15) is 0 Å². The first kappa shape index (κ1) is 5.44. The smallest absolute Gasteiger partial charge is 0.0917 e. The Morgan fingerprint density at radius 1 is 1.71 bits per heavy atom. The standard InChI is InChI=1S/C4H3ClIN/c5-4-3-7-2-1-6-4/h1-3H. The maximum absolute atomic E-state index is 5.58. The molecule has 0 aromatic carbocycles. The molecule has 1 aliphatic heterocycles. The molecule has 0 unspecified atom stereocenters. The number of halogens is 2. The van der Waals surface area contributed by atoms with E-state index in [0.29, 0.717) is 0 Å². The van der Waals surface area contributed by atoms with Gasteiger partial charge in [-0.05, 0) is 4.08 Å². The Morgan fingerprint density at radius 3 is 2.86 bits per heavy atom. The summed E-state index contributed by atoms with van der Waals surface area (Å²) in [6.07, 6.45) is 3.49. The second kappa shape index (κ2) is 2.57. The SMILES string of the molecule is ClC1=IC=CN=C1. The predicted octanol–water partition coefficient (Wildman–Crippen LogP) is 1.88. The highest BCUT2D eigenvalue weighted by molar-refractivity contribution is 14.2. The first-order valence-corrected chi connectivity index (χ1v) is 4.44. The van der Waals surface area contributed by atoms with Crippen LogP contribution in [0.15, 0.2) is 15.3 Å². The fourth-order valence-electron chi connectivity index (χ4n) is 0.248. The van der Waals surface area contributed by atoms with Gasteiger partial charge in [0.25, 0.3) is 0 Å². The van der Waals surface area contributed by atoms with E-state index in [-0.39, 0.29) is 20.7 Å². The molecule has 1 nitrogen and oxygen atoms in total. The van der Waals surface area contributed by atoms with Crippen molar-refractivity contribution in [2.45, 2.75) is 0 Å². The molecule has 7 heavy (non-hydrogen) atoms. The average Bonchev–Trinajstić information content (AvgIpc) is 1.69. The van der Waals surface area contributed by atoms with Crippen LogP contribution in [0.2, 0.25) is 0 Å². The molecule has 0 amide bonds. The summed E-state index contributed by atoms with van der Waals surface area (Å²) in [6.45, 7) is 0. The molecule has 0 atom stereocenters. The van der Waals surface area contributed by atoms with E-state index >= 15 is 0 Å². The molecule has 0 N–H and O–H groups in total. The molecule has 0 aromatic heterocycles. The van der Waals surface area contributed by atoms with Crippen molar-refractivity contribution in [3.8, 4) is 0 Å². The molecule has 0 saturated carbocycles. The lowest BCUT2D eigenvalue weighted by molar-refractivity contribution is 1.64. The van der Waals surface area contributed by atoms with Crippen molar-refractivity contribution in [1.82, 2.24) is 0 Å². The summed E-state index contributed by atoms with van der Waals surface area (Å²) in [5.41, 5.74) is 0. The lowest BCUT2D eigenvalue weighted by Crippen LogP contribution is -1.82. The Labute approximate surface area is 56.8 Å². The van der Waals surface area contributed by atoms with Gasteiger partial charge in [-0.2, -0.15) is 0 Å². The molecule has 38 valence electrons. The Bertz CT molecular complexity index is 148. The topological polar surface area (TPSA) is 12.4 Å². The number of hydrogen-bond acceptors (Lipinski definition) is 1. The summed E-state index contributed by atoms with van der Waals surface area (Å²) in [5, 5.41) is 0. The molecule has 0 aromatic rings. The Hall–Kier alpha value is 0.300. The maximum Gasteiger partial charge on any atom is 0.0917 e. The Kier molecular flexibility index (Phi) is 2.00. The second-order valence-electron chi connectivity index (χ2n) is 0.952. The molecule has 0 fully saturated rings. The van der Waals surface area contributed by atoms with Gasteiger partial charge in [0, 0.05) is 6.20 Å². The third kappa shape index (κ3) is 1.69. The lowest BCUT2D eigenvalue weighted by Gasteiger charge is -1.85. The molecular formula is C4H3ClIN. The molecule has 3 heteroatoms. The zero-order valence-corrected chi connectivity index (χ0v) is 6.35. The van der Waals surface area contributed by atoms with Crippen LogP contribution in [0.25, 0.3) is 0 Å². The van der Waals surface area contributed by atoms with E-state index in [4.69, 9.17) is 11.6 Å². The lowest BCUT2D eigenvalue weighted by atomic mass is 10.8. The largest absolute Gasteiger partial charge is 0.262 e. The van der Waals surface area contributed by atoms with Gasteiger partial charge >= 0.3 is 0 Å². The normalized spacial score (nSPS) is 18.1. The average molecular weight is 227 g/mol. The highest BCUT2D eigenvalue weighted by atomic mass is 127. The van der Waals surface area contributed by atoms with Crippen molar-refractivity contribution >= 4 is 41.5 Å². The van der Waals surface area contributed by atoms with Crippen LogP contribution in [0.3, 0.4) is 0 Å². The summed E-state index contributed by atoms with van der Waals surface area (Å²) < 4.78 is 2.95. The van der Waals surface area contributed by atoms with Crippen LogP contribution in [-0.4, -0.2) is 9.18 Å². The van der Waals surface area contributed by atoms with E-state index in [9.17, 15) is 0 Å². The van der Waals surface area contributed by atoms with Crippen molar-refractivity contribution in [2.24, 2.45) is 4.99 Å². The van der Waals surface area contributed by atoms with Gasteiger partial charge in [-0.15, -0.1) is 0 Å². The first-order valence-electron chi connectivity index (χ1n) is 1.73. The fourth-order valence-corrected chi connectivity index (χ4v) is 1.64. The van der Waals surface area contributed by atoms with Crippen LogP contribution in [-0.2, 0) is 0 Å². The van der Waals surface area contributed by atoms with Crippen LogP contribution in [0, 0.1) is 0 Å². The van der Waals surface area contributed by atoms with E-state index < -0.39 is 0 Å². The Balaban J connectivity index is 2.82. The summed E-state index contributed by atoms with van der Waals surface area (Å²) in [4.78, 5) is 3.81. The van der Waals surface area contributed by atoms with Crippen LogP contribution in [0.5, 0.6) is 0 Å². The van der Waals surface area contributed by atoms with Gasteiger partial charge < -0.3 is 0 Å². The van der Waals surface area contributed by atoms with Crippen LogP contribution in [0.4, 0.5) is 0 Å². The maximum atomic E-state index is 5.58. The minimum atomic E-state index is 0.00418. The minimum absolute atomic E-state index is 0.00418. The summed E-state index contributed by atoms with van der Waals surface area (Å²) in [7, 11) is 0. The second-order valence-corrected chi connectivity index (χ2v) is 4.50. The van der Waals surface area contributed by atoms with Gasteiger partial charge in [-0.25, -0.2) is 0 Å². The molecular weight excluding hydrogens is 224 g/mol. The van der Waals surface area contributed by atoms with Crippen molar-refractivity contribution in [1.29, 1.82) is 0 Å². The highest BCUT2D eigenvalue weighted by Crippen LogP contribution is 2.07. The van der Waals surface area contributed by atoms with Gasteiger partial charge in [0.1, 0.15) is 0 Å². The van der Waals surface area contributed by atoms with E-state index in [1.165, 1.54) is 0 Å². The third-order valence-electron chi connectivity index (χ3n) is 0.482. The van der Waals surface area contributed by atoms with Gasteiger partial charge in [-0.1, -0.05) is 32.3 Å². The summed E-state index contributed by atoms with van der Waals surface area (Å²) in [5.74, 6) is 0. The van der Waals surface area contributed by atoms with E-state index in [0.717, 1.165) is 2.97 Å². The van der Waals surface area contributed by atoms with Gasteiger partial charge in [-0.3, -0.25) is 4.99 Å². The summed E-state index contributed by atoms with van der Waals surface area (Å²) >= 11 is 5.59. The number of rotatable bonds is 0. The van der Waals surface area contributed by atoms with Crippen molar-refractivity contribution in [3.05, 3.63) is 10.3 Å². The molecule has 0 aliphatic carbocycles. The third-order valence-corrected chi connectivity index (χ3v) is 2.69. The fraction of sp³-hybridized carbons (Fsp3) is 0. The molecule has 0 spiro atoms. The van der Waals surface area contributed by atoms with Gasteiger partial charge in [0.2, 0.25) is 0 Å². The number of aliphatic imine (C=N–C) groups is 1. The molecule has 1 rings (SSSR count). The van der Waals surface area contributed by atoms with E-state index in [1.807, 2.05) is 4.08 Å². The predicted molar refractivity (Wildman–Crippen MR) is 42.5 cm³/mol.